The summed E-state index contributed by atoms with van der Waals surface area (Å²) >= 11 is 0. The molecule has 0 fully saturated rings. The van der Waals surface area contributed by atoms with Gasteiger partial charge in [-0.1, -0.05) is 55.5 Å². The standard InChI is InChI=1S/C23H26N2O6/c1-2-20(22(27)28)25-21(26)14-30-12-11-24-23(29)31-13-19-17-9-5-3-7-15(17)16-8-4-6-10-18(16)19/h3-10,19-20H,2,11-14H2,1H3,(H,24,29)(H,25,26)(H,27,28)/t20-/m0/s1. The first kappa shape index (κ1) is 22.3. The molecule has 1 aliphatic rings. The summed E-state index contributed by atoms with van der Waals surface area (Å²) in [6.07, 6.45) is -0.281. The van der Waals surface area contributed by atoms with Gasteiger partial charge in [0.2, 0.25) is 5.91 Å². The number of aliphatic carboxylic acids is 1. The van der Waals surface area contributed by atoms with E-state index in [1.807, 2.05) is 36.4 Å². The van der Waals surface area contributed by atoms with Gasteiger partial charge in [-0.3, -0.25) is 4.79 Å². The molecule has 0 spiro atoms. The van der Waals surface area contributed by atoms with Crippen LogP contribution < -0.4 is 10.6 Å². The first-order valence-corrected chi connectivity index (χ1v) is 10.2. The van der Waals surface area contributed by atoms with Crippen molar-refractivity contribution < 1.29 is 29.0 Å². The summed E-state index contributed by atoms with van der Waals surface area (Å²) in [6, 6.07) is 15.2. The number of ether oxygens (including phenoxy) is 2. The molecule has 0 saturated heterocycles. The number of benzene rings is 2. The lowest BCUT2D eigenvalue weighted by molar-refractivity contribution is -0.142. The number of nitrogens with one attached hydrogen (secondary N) is 2. The molecule has 3 rings (SSSR count). The molecule has 3 N–H and O–H groups in total. The van der Waals surface area contributed by atoms with Crippen LogP contribution >= 0.6 is 0 Å². The minimum Gasteiger partial charge on any atom is -0.480 e. The summed E-state index contributed by atoms with van der Waals surface area (Å²) < 4.78 is 10.6. The lowest BCUT2D eigenvalue weighted by Crippen LogP contribution is -2.42. The average Bonchev–Trinajstić information content (AvgIpc) is 3.09. The molecule has 0 bridgehead atoms. The Bertz CT molecular complexity index is 900. The van der Waals surface area contributed by atoms with Gasteiger partial charge in [0, 0.05) is 12.5 Å². The second kappa shape index (κ2) is 10.6. The van der Waals surface area contributed by atoms with Gasteiger partial charge in [-0.2, -0.15) is 0 Å². The highest BCUT2D eigenvalue weighted by Gasteiger charge is 2.28. The zero-order chi connectivity index (χ0) is 22.2. The zero-order valence-corrected chi connectivity index (χ0v) is 17.3. The molecule has 0 aliphatic heterocycles. The maximum atomic E-state index is 12.0. The topological polar surface area (TPSA) is 114 Å². The normalized spacial score (nSPS) is 13.1. The van der Waals surface area contributed by atoms with E-state index in [9.17, 15) is 14.4 Å². The van der Waals surface area contributed by atoms with Crippen LogP contribution in [0.1, 0.15) is 30.4 Å². The molecule has 31 heavy (non-hydrogen) atoms. The fraction of sp³-hybridized carbons (Fsp3) is 0.348. The number of rotatable bonds is 10. The summed E-state index contributed by atoms with van der Waals surface area (Å²) in [7, 11) is 0. The first-order valence-electron chi connectivity index (χ1n) is 10.2. The Morgan fingerprint density at radius 1 is 1.03 bits per heavy atom. The molecule has 2 amide bonds. The monoisotopic (exact) mass is 426 g/mol. The van der Waals surface area contributed by atoms with Crippen LogP contribution in [0.5, 0.6) is 0 Å². The molecular weight excluding hydrogens is 400 g/mol. The number of hydrogen-bond donors (Lipinski definition) is 3. The van der Waals surface area contributed by atoms with E-state index in [1.165, 1.54) is 0 Å². The lowest BCUT2D eigenvalue weighted by Gasteiger charge is -2.15. The highest BCUT2D eigenvalue weighted by atomic mass is 16.5. The van der Waals surface area contributed by atoms with Crippen LogP contribution in [-0.4, -0.2) is 55.5 Å². The molecule has 2 aromatic rings. The molecule has 0 unspecified atom stereocenters. The van der Waals surface area contributed by atoms with Gasteiger partial charge in [0.15, 0.2) is 0 Å². The number of carboxylic acids is 1. The van der Waals surface area contributed by atoms with Gasteiger partial charge < -0.3 is 25.2 Å². The van der Waals surface area contributed by atoms with Crippen molar-refractivity contribution in [3.8, 4) is 11.1 Å². The maximum absolute atomic E-state index is 12.0. The number of carbonyl (C=O) groups excluding carboxylic acids is 2. The van der Waals surface area contributed by atoms with E-state index in [4.69, 9.17) is 14.6 Å². The van der Waals surface area contributed by atoms with Crippen molar-refractivity contribution in [1.82, 2.24) is 10.6 Å². The third kappa shape index (κ3) is 5.61. The molecule has 2 aromatic carbocycles. The summed E-state index contributed by atoms with van der Waals surface area (Å²) in [6.45, 7) is 1.87. The fourth-order valence-electron chi connectivity index (χ4n) is 3.61. The predicted molar refractivity (Wildman–Crippen MR) is 114 cm³/mol. The molecule has 8 nitrogen and oxygen atoms in total. The van der Waals surface area contributed by atoms with Crippen LogP contribution in [0.2, 0.25) is 0 Å². The third-order valence-corrected chi connectivity index (χ3v) is 5.13. The Morgan fingerprint density at radius 2 is 1.65 bits per heavy atom. The number of alkyl carbamates (subject to hydrolysis) is 1. The van der Waals surface area contributed by atoms with E-state index < -0.39 is 24.0 Å². The summed E-state index contributed by atoms with van der Waals surface area (Å²) in [5.74, 6) is -1.62. The van der Waals surface area contributed by atoms with Crippen LogP contribution in [0.3, 0.4) is 0 Å². The largest absolute Gasteiger partial charge is 0.480 e. The Labute approximate surface area is 180 Å². The first-order chi connectivity index (χ1) is 15.0. The molecule has 0 heterocycles. The molecule has 8 heteroatoms. The number of amides is 2. The Hall–Kier alpha value is -3.39. The number of carboxylic acid groups (broad SMARTS) is 1. The second-order valence-electron chi connectivity index (χ2n) is 7.17. The van der Waals surface area contributed by atoms with Crippen LogP contribution in [0.4, 0.5) is 4.79 Å². The average molecular weight is 426 g/mol. The Morgan fingerprint density at radius 3 is 2.23 bits per heavy atom. The summed E-state index contributed by atoms with van der Waals surface area (Å²) in [5, 5.41) is 13.9. The van der Waals surface area contributed by atoms with E-state index >= 15 is 0 Å². The van der Waals surface area contributed by atoms with Crippen LogP contribution in [0.15, 0.2) is 48.5 Å². The van der Waals surface area contributed by atoms with Crippen molar-refractivity contribution >= 4 is 18.0 Å². The summed E-state index contributed by atoms with van der Waals surface area (Å²) in [5.41, 5.74) is 4.59. The van der Waals surface area contributed by atoms with Crippen molar-refractivity contribution in [3.63, 3.8) is 0 Å². The van der Waals surface area contributed by atoms with Crippen molar-refractivity contribution in [1.29, 1.82) is 0 Å². The molecule has 1 aliphatic carbocycles. The third-order valence-electron chi connectivity index (χ3n) is 5.13. The van der Waals surface area contributed by atoms with Gasteiger partial charge in [-0.15, -0.1) is 0 Å². The zero-order valence-electron chi connectivity index (χ0n) is 17.3. The molecular formula is C23H26N2O6. The summed E-state index contributed by atoms with van der Waals surface area (Å²) in [4.78, 5) is 34.6. The number of carbonyl (C=O) groups is 3. The van der Waals surface area contributed by atoms with E-state index in [0.717, 1.165) is 22.3 Å². The highest BCUT2D eigenvalue weighted by Crippen LogP contribution is 2.44. The van der Waals surface area contributed by atoms with Crippen LogP contribution in [0.25, 0.3) is 11.1 Å². The molecule has 0 aromatic heterocycles. The number of hydrogen-bond acceptors (Lipinski definition) is 5. The van der Waals surface area contributed by atoms with Gasteiger partial charge in [-0.05, 0) is 28.7 Å². The Kier molecular flexibility index (Phi) is 7.61. The van der Waals surface area contributed by atoms with Gasteiger partial charge in [0.25, 0.3) is 0 Å². The molecule has 0 radical (unpaired) electrons. The molecule has 164 valence electrons. The fourth-order valence-corrected chi connectivity index (χ4v) is 3.61. The highest BCUT2D eigenvalue weighted by molar-refractivity contribution is 5.84. The van der Waals surface area contributed by atoms with Crippen LogP contribution in [0, 0.1) is 0 Å². The van der Waals surface area contributed by atoms with Crippen molar-refractivity contribution in [3.05, 3.63) is 59.7 Å². The molecule has 1 atom stereocenters. The lowest BCUT2D eigenvalue weighted by atomic mass is 9.98. The number of fused-ring (bicyclic) bond motifs is 3. The van der Waals surface area contributed by atoms with Crippen molar-refractivity contribution in [2.75, 3.05) is 26.4 Å². The van der Waals surface area contributed by atoms with Crippen molar-refractivity contribution in [2.45, 2.75) is 25.3 Å². The van der Waals surface area contributed by atoms with Gasteiger partial charge in [0.05, 0.1) is 6.61 Å². The van der Waals surface area contributed by atoms with Gasteiger partial charge >= 0.3 is 12.1 Å². The van der Waals surface area contributed by atoms with Crippen LogP contribution in [-0.2, 0) is 19.1 Å². The smallest absolute Gasteiger partial charge is 0.407 e. The van der Waals surface area contributed by atoms with E-state index in [1.54, 1.807) is 6.92 Å². The van der Waals surface area contributed by atoms with E-state index in [-0.39, 0.29) is 38.7 Å². The van der Waals surface area contributed by atoms with Gasteiger partial charge in [-0.25, -0.2) is 9.59 Å². The van der Waals surface area contributed by atoms with E-state index in [0.29, 0.717) is 0 Å². The Balaban J connectivity index is 1.39. The predicted octanol–water partition coefficient (Wildman–Crippen LogP) is 2.52. The van der Waals surface area contributed by atoms with Crippen molar-refractivity contribution in [2.24, 2.45) is 0 Å². The molecule has 0 saturated carbocycles. The quantitative estimate of drug-likeness (QED) is 0.503. The minimum atomic E-state index is -1.09. The van der Waals surface area contributed by atoms with Gasteiger partial charge in [0.1, 0.15) is 19.3 Å². The maximum Gasteiger partial charge on any atom is 0.407 e. The van der Waals surface area contributed by atoms with E-state index in [2.05, 4.69) is 22.8 Å². The minimum absolute atomic E-state index is 0.0150. The SMILES string of the molecule is CC[C@H](NC(=O)COCCNC(=O)OCC1c2ccccc2-c2ccccc21)C(=O)O. The second-order valence-corrected chi connectivity index (χ2v) is 7.17.